The van der Waals surface area contributed by atoms with Gasteiger partial charge in [0.15, 0.2) is 0 Å². The first-order valence-electron chi connectivity index (χ1n) is 5.88. The highest BCUT2D eigenvalue weighted by molar-refractivity contribution is 5.52. The molecule has 0 aromatic heterocycles. The molecule has 0 bridgehead atoms. The van der Waals surface area contributed by atoms with Crippen LogP contribution in [0.3, 0.4) is 0 Å². The standard InChI is InChI=1S/C14H23N/c1-6-11(3)13(5)15-14-8-7-10(2)9-12(14)4/h7-9,11,13,15H,6H2,1-5H3. The minimum Gasteiger partial charge on any atom is -0.382 e. The number of hydrogen-bond donors (Lipinski definition) is 1. The van der Waals surface area contributed by atoms with Crippen molar-refractivity contribution in [2.45, 2.75) is 47.1 Å². The van der Waals surface area contributed by atoms with Gasteiger partial charge >= 0.3 is 0 Å². The summed E-state index contributed by atoms with van der Waals surface area (Å²) < 4.78 is 0. The van der Waals surface area contributed by atoms with Crippen LogP contribution in [0.15, 0.2) is 18.2 Å². The second-order valence-electron chi connectivity index (χ2n) is 4.64. The van der Waals surface area contributed by atoms with Crippen molar-refractivity contribution in [3.63, 3.8) is 0 Å². The lowest BCUT2D eigenvalue weighted by atomic mass is 10.00. The minimum absolute atomic E-state index is 0.538. The Balaban J connectivity index is 2.72. The Morgan fingerprint density at radius 1 is 1.20 bits per heavy atom. The van der Waals surface area contributed by atoms with E-state index in [4.69, 9.17) is 0 Å². The van der Waals surface area contributed by atoms with E-state index in [0.717, 1.165) is 0 Å². The van der Waals surface area contributed by atoms with Crippen LogP contribution < -0.4 is 5.32 Å². The molecule has 0 aliphatic heterocycles. The number of hydrogen-bond acceptors (Lipinski definition) is 1. The summed E-state index contributed by atoms with van der Waals surface area (Å²) in [6, 6.07) is 7.12. The topological polar surface area (TPSA) is 12.0 Å². The molecular weight excluding hydrogens is 182 g/mol. The quantitative estimate of drug-likeness (QED) is 0.778. The monoisotopic (exact) mass is 205 g/mol. The molecule has 1 N–H and O–H groups in total. The maximum absolute atomic E-state index is 3.59. The summed E-state index contributed by atoms with van der Waals surface area (Å²) in [5.74, 6) is 0.714. The maximum Gasteiger partial charge on any atom is 0.0372 e. The van der Waals surface area contributed by atoms with E-state index < -0.39 is 0 Å². The zero-order chi connectivity index (χ0) is 11.4. The molecule has 0 fully saturated rings. The van der Waals surface area contributed by atoms with E-state index in [9.17, 15) is 0 Å². The number of nitrogens with one attached hydrogen (secondary N) is 1. The average molecular weight is 205 g/mol. The van der Waals surface area contributed by atoms with Crippen molar-refractivity contribution < 1.29 is 0 Å². The molecule has 1 aromatic carbocycles. The molecule has 1 aromatic rings. The molecule has 0 saturated carbocycles. The Kier molecular flexibility index (Phi) is 4.19. The lowest BCUT2D eigenvalue weighted by Crippen LogP contribution is -2.23. The Hall–Kier alpha value is -0.980. The van der Waals surface area contributed by atoms with Crippen molar-refractivity contribution in [3.05, 3.63) is 29.3 Å². The van der Waals surface area contributed by atoms with E-state index >= 15 is 0 Å². The highest BCUT2D eigenvalue weighted by atomic mass is 14.9. The third-order valence-corrected chi connectivity index (χ3v) is 3.26. The van der Waals surface area contributed by atoms with Crippen molar-refractivity contribution in [1.82, 2.24) is 0 Å². The molecule has 0 aliphatic carbocycles. The summed E-state index contributed by atoms with van der Waals surface area (Å²) in [7, 11) is 0. The molecule has 1 rings (SSSR count). The van der Waals surface area contributed by atoms with Crippen molar-refractivity contribution in [2.24, 2.45) is 5.92 Å². The van der Waals surface area contributed by atoms with Crippen LogP contribution in [-0.2, 0) is 0 Å². The fraction of sp³-hybridized carbons (Fsp3) is 0.571. The number of rotatable bonds is 4. The third-order valence-electron chi connectivity index (χ3n) is 3.26. The van der Waals surface area contributed by atoms with Gasteiger partial charge in [-0.2, -0.15) is 0 Å². The first-order valence-corrected chi connectivity index (χ1v) is 5.88. The van der Waals surface area contributed by atoms with Crippen LogP contribution in [0.5, 0.6) is 0 Å². The highest BCUT2D eigenvalue weighted by Gasteiger charge is 2.10. The van der Waals surface area contributed by atoms with E-state index in [1.54, 1.807) is 0 Å². The van der Waals surface area contributed by atoms with E-state index in [1.807, 2.05) is 0 Å². The van der Waals surface area contributed by atoms with Gasteiger partial charge in [-0.15, -0.1) is 0 Å². The lowest BCUT2D eigenvalue weighted by Gasteiger charge is -2.22. The van der Waals surface area contributed by atoms with Crippen LogP contribution in [0.2, 0.25) is 0 Å². The third kappa shape index (κ3) is 3.26. The van der Waals surface area contributed by atoms with E-state index in [0.29, 0.717) is 12.0 Å². The van der Waals surface area contributed by atoms with Crippen LogP contribution in [0, 0.1) is 19.8 Å². The van der Waals surface area contributed by atoms with Crippen molar-refractivity contribution in [3.8, 4) is 0 Å². The van der Waals surface area contributed by atoms with Gasteiger partial charge in [0.1, 0.15) is 0 Å². The Morgan fingerprint density at radius 3 is 2.40 bits per heavy atom. The Labute approximate surface area is 93.9 Å². The summed E-state index contributed by atoms with van der Waals surface area (Å²) in [5, 5.41) is 3.59. The second kappa shape index (κ2) is 5.20. The molecular formula is C14H23N. The van der Waals surface area contributed by atoms with Gasteiger partial charge in [-0.1, -0.05) is 38.0 Å². The van der Waals surface area contributed by atoms with Gasteiger partial charge in [0.05, 0.1) is 0 Å². The van der Waals surface area contributed by atoms with Crippen LogP contribution in [-0.4, -0.2) is 6.04 Å². The Morgan fingerprint density at radius 2 is 1.87 bits per heavy atom. The lowest BCUT2D eigenvalue weighted by molar-refractivity contribution is 0.494. The molecule has 0 radical (unpaired) electrons. The van der Waals surface area contributed by atoms with E-state index in [1.165, 1.54) is 23.2 Å². The van der Waals surface area contributed by atoms with Gasteiger partial charge in [0.2, 0.25) is 0 Å². The molecule has 15 heavy (non-hydrogen) atoms. The van der Waals surface area contributed by atoms with E-state index in [-0.39, 0.29) is 0 Å². The molecule has 1 nitrogen and oxygen atoms in total. The molecule has 0 spiro atoms. The van der Waals surface area contributed by atoms with Gasteiger partial charge in [-0.05, 0) is 38.3 Å². The summed E-state index contributed by atoms with van der Waals surface area (Å²) in [6.07, 6.45) is 1.22. The number of anilines is 1. The summed E-state index contributed by atoms with van der Waals surface area (Å²) >= 11 is 0. The van der Waals surface area contributed by atoms with Gasteiger partial charge in [0, 0.05) is 11.7 Å². The first kappa shape index (κ1) is 12.1. The normalized spacial score (nSPS) is 14.7. The van der Waals surface area contributed by atoms with Gasteiger partial charge in [-0.25, -0.2) is 0 Å². The average Bonchev–Trinajstić information content (AvgIpc) is 2.20. The fourth-order valence-electron chi connectivity index (χ4n) is 1.72. The first-order chi connectivity index (χ1) is 7.04. The minimum atomic E-state index is 0.538. The summed E-state index contributed by atoms with van der Waals surface area (Å²) in [6.45, 7) is 11.1. The second-order valence-corrected chi connectivity index (χ2v) is 4.64. The van der Waals surface area contributed by atoms with Crippen LogP contribution in [0.1, 0.15) is 38.3 Å². The zero-order valence-electron chi connectivity index (χ0n) is 10.6. The summed E-state index contributed by atoms with van der Waals surface area (Å²) in [4.78, 5) is 0. The fourth-order valence-corrected chi connectivity index (χ4v) is 1.72. The van der Waals surface area contributed by atoms with Crippen LogP contribution >= 0.6 is 0 Å². The largest absolute Gasteiger partial charge is 0.382 e. The molecule has 0 saturated heterocycles. The molecule has 0 aliphatic rings. The van der Waals surface area contributed by atoms with Gasteiger partial charge in [0.25, 0.3) is 0 Å². The molecule has 0 amide bonds. The molecule has 2 unspecified atom stereocenters. The number of benzene rings is 1. The summed E-state index contributed by atoms with van der Waals surface area (Å²) in [5.41, 5.74) is 3.94. The molecule has 0 heterocycles. The molecule has 2 atom stereocenters. The van der Waals surface area contributed by atoms with E-state index in [2.05, 4.69) is 58.1 Å². The molecule has 84 valence electrons. The van der Waals surface area contributed by atoms with Gasteiger partial charge < -0.3 is 5.32 Å². The van der Waals surface area contributed by atoms with Crippen molar-refractivity contribution in [1.29, 1.82) is 0 Å². The number of aryl methyl sites for hydroxylation is 2. The smallest absolute Gasteiger partial charge is 0.0372 e. The zero-order valence-corrected chi connectivity index (χ0v) is 10.6. The highest BCUT2D eigenvalue weighted by Crippen LogP contribution is 2.19. The van der Waals surface area contributed by atoms with Crippen molar-refractivity contribution in [2.75, 3.05) is 5.32 Å². The molecule has 1 heteroatoms. The van der Waals surface area contributed by atoms with Gasteiger partial charge in [-0.3, -0.25) is 0 Å². The Bertz CT molecular complexity index is 317. The predicted octanol–water partition coefficient (Wildman–Crippen LogP) is 4.15. The van der Waals surface area contributed by atoms with Crippen molar-refractivity contribution >= 4 is 5.69 Å². The van der Waals surface area contributed by atoms with Crippen LogP contribution in [0.25, 0.3) is 0 Å². The maximum atomic E-state index is 3.59. The predicted molar refractivity (Wildman–Crippen MR) is 68.5 cm³/mol. The van der Waals surface area contributed by atoms with Crippen LogP contribution in [0.4, 0.5) is 5.69 Å². The SMILES string of the molecule is CCC(C)C(C)Nc1ccc(C)cc1C.